The molecule has 1 aliphatic heterocycles. The molecule has 1 aliphatic rings. The van der Waals surface area contributed by atoms with E-state index in [1.54, 1.807) is 13.1 Å². The summed E-state index contributed by atoms with van der Waals surface area (Å²) in [4.78, 5) is 0. The summed E-state index contributed by atoms with van der Waals surface area (Å²) in [6, 6.07) is 8.42. The average molecular weight is 347 g/mol. The smallest absolute Gasteiger partial charge is 0.242 e. The van der Waals surface area contributed by atoms with E-state index < -0.39 is 13.8 Å². The highest BCUT2D eigenvalue weighted by atomic mass is 79.9. The Morgan fingerprint density at radius 3 is 2.42 bits per heavy atom. The SMILES string of the molecule is C[C@@](C[Si](C)(C)F)(c1ccccc1Br)C1OCCO1. The third-order valence-electron chi connectivity index (χ3n) is 3.42. The fourth-order valence-electron chi connectivity index (χ4n) is 2.83. The van der Waals surface area contributed by atoms with Crippen molar-refractivity contribution in [2.75, 3.05) is 13.2 Å². The number of halogens is 2. The first-order valence-corrected chi connectivity index (χ1v) is 10.4. The molecule has 1 atom stereocenters. The molecule has 0 amide bonds. The number of hydrogen-bond donors (Lipinski definition) is 0. The highest BCUT2D eigenvalue weighted by Crippen LogP contribution is 2.42. The van der Waals surface area contributed by atoms with Crippen molar-refractivity contribution in [2.24, 2.45) is 0 Å². The standard InChI is InChI=1S/C14H20BrFO2Si/c1-14(10-19(2,3)16,13-17-8-9-18-13)11-6-4-5-7-12(11)15/h4-7,13H,8-10H2,1-3H3/t14-/m1/s1. The molecule has 1 heterocycles. The molecule has 19 heavy (non-hydrogen) atoms. The molecule has 0 radical (unpaired) electrons. The van der Waals surface area contributed by atoms with Gasteiger partial charge >= 0.3 is 0 Å². The summed E-state index contributed by atoms with van der Waals surface area (Å²) >= 11 is 3.57. The normalized spacial score (nSPS) is 20.5. The zero-order valence-electron chi connectivity index (χ0n) is 11.6. The van der Waals surface area contributed by atoms with Crippen molar-refractivity contribution in [2.45, 2.75) is 37.8 Å². The monoisotopic (exact) mass is 346 g/mol. The van der Waals surface area contributed by atoms with Crippen LogP contribution >= 0.6 is 15.9 Å². The molecule has 1 aromatic carbocycles. The molecule has 1 saturated heterocycles. The second kappa shape index (κ2) is 5.64. The molecule has 1 fully saturated rings. The molecule has 0 aliphatic carbocycles. The van der Waals surface area contributed by atoms with Gasteiger partial charge in [-0.25, -0.2) is 0 Å². The van der Waals surface area contributed by atoms with Crippen LogP contribution in [0.1, 0.15) is 12.5 Å². The molecule has 2 rings (SSSR count). The minimum atomic E-state index is -2.75. The second-order valence-electron chi connectivity index (χ2n) is 5.87. The van der Waals surface area contributed by atoms with E-state index in [0.717, 1.165) is 10.0 Å². The number of benzene rings is 1. The van der Waals surface area contributed by atoms with E-state index in [1.165, 1.54) is 0 Å². The van der Waals surface area contributed by atoms with Crippen molar-refractivity contribution in [3.05, 3.63) is 34.3 Å². The Bertz CT molecular complexity index is 443. The van der Waals surface area contributed by atoms with Crippen molar-refractivity contribution >= 4 is 24.3 Å². The first kappa shape index (κ1) is 15.2. The molecule has 0 N–H and O–H groups in total. The lowest BCUT2D eigenvalue weighted by Gasteiger charge is -2.37. The van der Waals surface area contributed by atoms with Crippen LogP contribution in [0.4, 0.5) is 4.11 Å². The lowest BCUT2D eigenvalue weighted by atomic mass is 9.83. The van der Waals surface area contributed by atoms with Gasteiger partial charge in [-0.05, 0) is 30.8 Å². The Balaban J connectivity index is 2.41. The van der Waals surface area contributed by atoms with Gasteiger partial charge in [-0.15, -0.1) is 0 Å². The molecule has 0 bridgehead atoms. The first-order valence-electron chi connectivity index (χ1n) is 6.50. The van der Waals surface area contributed by atoms with Crippen LogP contribution in [0, 0.1) is 0 Å². The van der Waals surface area contributed by atoms with Crippen molar-refractivity contribution in [3.63, 3.8) is 0 Å². The zero-order chi connectivity index (χ0) is 14.1. The van der Waals surface area contributed by atoms with Crippen LogP contribution in [0.5, 0.6) is 0 Å². The average Bonchev–Trinajstić information content (AvgIpc) is 2.80. The van der Waals surface area contributed by atoms with Gasteiger partial charge < -0.3 is 13.6 Å². The Kier molecular flexibility index (Phi) is 4.50. The maximum absolute atomic E-state index is 14.4. The highest BCUT2D eigenvalue weighted by Gasteiger charge is 2.45. The van der Waals surface area contributed by atoms with Crippen LogP contribution in [0.15, 0.2) is 28.7 Å². The van der Waals surface area contributed by atoms with Crippen molar-refractivity contribution in [1.29, 1.82) is 0 Å². The van der Waals surface area contributed by atoms with E-state index >= 15 is 0 Å². The largest absolute Gasteiger partial charge is 0.349 e. The summed E-state index contributed by atoms with van der Waals surface area (Å²) in [6.07, 6.45) is -0.367. The van der Waals surface area contributed by atoms with Gasteiger partial charge in [-0.3, -0.25) is 0 Å². The van der Waals surface area contributed by atoms with Crippen LogP contribution in [0.2, 0.25) is 19.1 Å². The van der Waals surface area contributed by atoms with Gasteiger partial charge in [0.15, 0.2) is 6.29 Å². The van der Waals surface area contributed by atoms with Gasteiger partial charge in [0.1, 0.15) is 0 Å². The summed E-state index contributed by atoms with van der Waals surface area (Å²) < 4.78 is 26.7. The van der Waals surface area contributed by atoms with Gasteiger partial charge in [0.05, 0.1) is 13.2 Å². The molecule has 2 nitrogen and oxygen atoms in total. The Morgan fingerprint density at radius 1 is 1.32 bits per heavy atom. The van der Waals surface area contributed by atoms with Gasteiger partial charge in [0.2, 0.25) is 8.41 Å². The molecule has 0 spiro atoms. The second-order valence-corrected chi connectivity index (χ2v) is 10.5. The van der Waals surface area contributed by atoms with Crippen LogP contribution < -0.4 is 0 Å². The van der Waals surface area contributed by atoms with Crippen LogP contribution in [0.25, 0.3) is 0 Å². The summed E-state index contributed by atoms with van der Waals surface area (Å²) in [6.45, 7) is 6.67. The number of ether oxygens (including phenoxy) is 2. The van der Waals surface area contributed by atoms with Crippen molar-refractivity contribution in [1.82, 2.24) is 0 Å². The predicted molar refractivity (Wildman–Crippen MR) is 80.6 cm³/mol. The lowest BCUT2D eigenvalue weighted by Crippen LogP contribution is -2.43. The third kappa shape index (κ3) is 3.45. The van der Waals surface area contributed by atoms with Crippen LogP contribution in [0.3, 0.4) is 0 Å². The summed E-state index contributed by atoms with van der Waals surface area (Å²) in [7, 11) is -2.75. The van der Waals surface area contributed by atoms with E-state index in [2.05, 4.69) is 15.9 Å². The zero-order valence-corrected chi connectivity index (χ0v) is 14.2. The molecular formula is C14H20BrFO2Si. The van der Waals surface area contributed by atoms with Crippen molar-refractivity contribution in [3.8, 4) is 0 Å². The molecule has 0 unspecified atom stereocenters. The maximum atomic E-state index is 14.4. The van der Waals surface area contributed by atoms with Gasteiger partial charge in [-0.1, -0.05) is 41.1 Å². The summed E-state index contributed by atoms with van der Waals surface area (Å²) in [5.41, 5.74) is 0.598. The predicted octanol–water partition coefficient (Wildman–Crippen LogP) is 4.25. The molecular weight excluding hydrogens is 327 g/mol. The van der Waals surface area contributed by atoms with E-state index in [9.17, 15) is 4.11 Å². The number of rotatable bonds is 4. The van der Waals surface area contributed by atoms with Crippen LogP contribution in [-0.2, 0) is 14.9 Å². The number of hydrogen-bond acceptors (Lipinski definition) is 2. The summed E-state index contributed by atoms with van der Waals surface area (Å²) in [5, 5.41) is 0. The quantitative estimate of drug-likeness (QED) is 0.599. The fourth-order valence-corrected chi connectivity index (χ4v) is 5.67. The van der Waals surface area contributed by atoms with Crippen LogP contribution in [-0.4, -0.2) is 27.9 Å². The first-order chi connectivity index (χ1) is 8.83. The fraction of sp³-hybridized carbons (Fsp3) is 0.571. The molecule has 106 valence electrons. The lowest BCUT2D eigenvalue weighted by molar-refractivity contribution is -0.0894. The van der Waals surface area contributed by atoms with Crippen molar-refractivity contribution < 1.29 is 13.6 Å². The van der Waals surface area contributed by atoms with E-state index in [0.29, 0.717) is 19.3 Å². The molecule has 0 aromatic heterocycles. The van der Waals surface area contributed by atoms with E-state index in [-0.39, 0.29) is 6.29 Å². The third-order valence-corrected chi connectivity index (χ3v) is 5.69. The highest BCUT2D eigenvalue weighted by molar-refractivity contribution is 9.10. The Morgan fingerprint density at radius 2 is 1.89 bits per heavy atom. The Labute approximate surface area is 123 Å². The van der Waals surface area contributed by atoms with E-state index in [1.807, 2.05) is 31.2 Å². The summed E-state index contributed by atoms with van der Waals surface area (Å²) in [5.74, 6) is 0. The Hall–Kier alpha value is -0.233. The van der Waals surface area contributed by atoms with E-state index in [4.69, 9.17) is 9.47 Å². The topological polar surface area (TPSA) is 18.5 Å². The minimum absolute atomic E-state index is 0.367. The molecule has 5 heteroatoms. The van der Waals surface area contributed by atoms with Gasteiger partial charge in [0.25, 0.3) is 0 Å². The maximum Gasteiger partial charge on any atom is 0.242 e. The minimum Gasteiger partial charge on any atom is -0.349 e. The molecule has 1 aromatic rings. The van der Waals surface area contributed by atoms with Gasteiger partial charge in [-0.2, -0.15) is 0 Å². The molecule has 0 saturated carbocycles. The van der Waals surface area contributed by atoms with Gasteiger partial charge in [0, 0.05) is 9.89 Å².